The maximum absolute atomic E-state index is 9.55. The Morgan fingerprint density at radius 3 is 2.44 bits per heavy atom. The summed E-state index contributed by atoms with van der Waals surface area (Å²) in [7, 11) is 0. The largest absolute Gasteiger partial charge is 0.394 e. The van der Waals surface area contributed by atoms with E-state index in [4.69, 9.17) is 0 Å². The third kappa shape index (κ3) is 4.84. The van der Waals surface area contributed by atoms with Crippen molar-refractivity contribution in [2.75, 3.05) is 6.61 Å². The maximum atomic E-state index is 9.55. The van der Waals surface area contributed by atoms with Gasteiger partial charge in [-0.15, -0.1) is 0 Å². The second kappa shape index (κ2) is 7.29. The second-order valence-corrected chi connectivity index (χ2v) is 5.66. The second-order valence-electron chi connectivity index (χ2n) is 5.66. The first-order valence-electron chi connectivity index (χ1n) is 7.09. The number of hydrogen-bond donors (Lipinski definition) is 2. The van der Waals surface area contributed by atoms with Gasteiger partial charge in [0.05, 0.1) is 6.61 Å². The zero-order valence-corrected chi connectivity index (χ0v) is 11.1. The average molecular weight is 227 g/mol. The van der Waals surface area contributed by atoms with E-state index in [0.29, 0.717) is 6.04 Å². The van der Waals surface area contributed by atoms with Gasteiger partial charge < -0.3 is 10.4 Å². The predicted octanol–water partition coefficient (Wildman–Crippen LogP) is 3.24. The van der Waals surface area contributed by atoms with Crippen molar-refractivity contribution in [3.8, 4) is 0 Å². The van der Waals surface area contributed by atoms with Gasteiger partial charge >= 0.3 is 0 Å². The van der Waals surface area contributed by atoms with E-state index in [1.165, 1.54) is 51.4 Å². The fraction of sp³-hybridized carbons (Fsp3) is 1.00. The van der Waals surface area contributed by atoms with Crippen LogP contribution >= 0.6 is 0 Å². The molecule has 16 heavy (non-hydrogen) atoms. The van der Waals surface area contributed by atoms with Crippen molar-refractivity contribution in [3.05, 3.63) is 0 Å². The Hall–Kier alpha value is -0.0800. The number of rotatable bonds is 7. The number of aliphatic hydroxyl groups excluding tert-OH is 1. The quantitative estimate of drug-likeness (QED) is 0.654. The Labute approximate surface area is 101 Å². The zero-order valence-electron chi connectivity index (χ0n) is 11.1. The standard InChI is InChI=1S/C14H29NO/c1-3-4-8-11-14(2,12-16)15-13-9-6-5-7-10-13/h13,15-16H,3-12H2,1-2H3. The van der Waals surface area contributed by atoms with E-state index in [0.717, 1.165) is 6.42 Å². The summed E-state index contributed by atoms with van der Waals surface area (Å²) in [6.45, 7) is 4.68. The maximum Gasteiger partial charge on any atom is 0.0610 e. The molecule has 0 aliphatic heterocycles. The Kier molecular flexibility index (Phi) is 6.37. The van der Waals surface area contributed by atoms with Crippen molar-refractivity contribution in [2.24, 2.45) is 0 Å². The monoisotopic (exact) mass is 227 g/mol. The van der Waals surface area contributed by atoms with E-state index in [9.17, 15) is 5.11 Å². The number of nitrogens with one attached hydrogen (secondary N) is 1. The van der Waals surface area contributed by atoms with Crippen LogP contribution in [0.15, 0.2) is 0 Å². The smallest absolute Gasteiger partial charge is 0.0610 e. The molecule has 2 nitrogen and oxygen atoms in total. The molecule has 2 N–H and O–H groups in total. The highest BCUT2D eigenvalue weighted by molar-refractivity contribution is 4.87. The van der Waals surface area contributed by atoms with Gasteiger partial charge in [0.2, 0.25) is 0 Å². The van der Waals surface area contributed by atoms with E-state index in [-0.39, 0.29) is 12.1 Å². The molecule has 0 heterocycles. The number of hydrogen-bond acceptors (Lipinski definition) is 2. The summed E-state index contributed by atoms with van der Waals surface area (Å²) in [5.74, 6) is 0. The number of unbranched alkanes of at least 4 members (excludes halogenated alkanes) is 2. The average Bonchev–Trinajstić information content (AvgIpc) is 2.31. The molecule has 0 radical (unpaired) electrons. The van der Waals surface area contributed by atoms with E-state index in [2.05, 4.69) is 19.2 Å². The fourth-order valence-electron chi connectivity index (χ4n) is 2.70. The van der Waals surface area contributed by atoms with Crippen LogP contribution in [-0.2, 0) is 0 Å². The minimum absolute atomic E-state index is 0.0445. The van der Waals surface area contributed by atoms with Gasteiger partial charge in [0.15, 0.2) is 0 Å². The van der Waals surface area contributed by atoms with Crippen LogP contribution in [0.3, 0.4) is 0 Å². The molecule has 1 unspecified atom stereocenters. The van der Waals surface area contributed by atoms with Gasteiger partial charge in [0.1, 0.15) is 0 Å². The molecule has 0 aromatic rings. The van der Waals surface area contributed by atoms with Crippen LogP contribution in [0.1, 0.15) is 71.6 Å². The van der Waals surface area contributed by atoms with Crippen molar-refractivity contribution < 1.29 is 5.11 Å². The van der Waals surface area contributed by atoms with E-state index >= 15 is 0 Å². The van der Waals surface area contributed by atoms with Gasteiger partial charge in [-0.3, -0.25) is 0 Å². The molecule has 1 aliphatic rings. The summed E-state index contributed by atoms with van der Waals surface area (Å²) in [4.78, 5) is 0. The van der Waals surface area contributed by atoms with Crippen LogP contribution in [0.25, 0.3) is 0 Å². The summed E-state index contributed by atoms with van der Waals surface area (Å²) in [6, 6.07) is 0.646. The molecule has 0 aromatic heterocycles. The third-order valence-electron chi connectivity index (χ3n) is 3.84. The molecular weight excluding hydrogens is 198 g/mol. The minimum Gasteiger partial charge on any atom is -0.394 e. The SMILES string of the molecule is CCCCCC(C)(CO)NC1CCCCC1. The van der Waals surface area contributed by atoms with Gasteiger partial charge in [0, 0.05) is 11.6 Å². The molecule has 1 fully saturated rings. The molecule has 1 saturated carbocycles. The van der Waals surface area contributed by atoms with Gasteiger partial charge in [-0.05, 0) is 26.2 Å². The van der Waals surface area contributed by atoms with Crippen LogP contribution in [0.5, 0.6) is 0 Å². The Balaban J connectivity index is 2.32. The topological polar surface area (TPSA) is 32.3 Å². The summed E-state index contributed by atoms with van der Waals surface area (Å²) >= 11 is 0. The molecule has 2 heteroatoms. The van der Waals surface area contributed by atoms with Crippen LogP contribution in [0, 0.1) is 0 Å². The van der Waals surface area contributed by atoms with E-state index < -0.39 is 0 Å². The fourth-order valence-corrected chi connectivity index (χ4v) is 2.70. The molecule has 0 amide bonds. The molecule has 0 spiro atoms. The Morgan fingerprint density at radius 2 is 1.88 bits per heavy atom. The zero-order chi connectivity index (χ0) is 11.9. The number of aliphatic hydroxyl groups is 1. The van der Waals surface area contributed by atoms with Crippen molar-refractivity contribution in [3.63, 3.8) is 0 Å². The van der Waals surface area contributed by atoms with Crippen LogP contribution in [0.4, 0.5) is 0 Å². The van der Waals surface area contributed by atoms with Gasteiger partial charge in [-0.25, -0.2) is 0 Å². The highest BCUT2D eigenvalue weighted by Gasteiger charge is 2.26. The molecule has 0 bridgehead atoms. The van der Waals surface area contributed by atoms with Crippen LogP contribution < -0.4 is 5.32 Å². The van der Waals surface area contributed by atoms with Crippen molar-refractivity contribution >= 4 is 0 Å². The molecular formula is C14H29NO. The lowest BCUT2D eigenvalue weighted by atomic mass is 9.89. The molecule has 96 valence electrons. The predicted molar refractivity (Wildman–Crippen MR) is 69.6 cm³/mol. The third-order valence-corrected chi connectivity index (χ3v) is 3.84. The Morgan fingerprint density at radius 1 is 1.19 bits per heavy atom. The molecule has 1 aliphatic carbocycles. The molecule has 0 aromatic carbocycles. The lowest BCUT2D eigenvalue weighted by molar-refractivity contribution is 0.140. The van der Waals surface area contributed by atoms with Crippen LogP contribution in [0.2, 0.25) is 0 Å². The first-order valence-corrected chi connectivity index (χ1v) is 7.09. The van der Waals surface area contributed by atoms with Crippen molar-refractivity contribution in [1.29, 1.82) is 0 Å². The molecule has 0 saturated heterocycles. The lowest BCUT2D eigenvalue weighted by Crippen LogP contribution is -2.51. The normalized spacial score (nSPS) is 21.9. The summed E-state index contributed by atoms with van der Waals surface area (Å²) in [5.41, 5.74) is -0.0445. The molecule has 1 rings (SSSR count). The summed E-state index contributed by atoms with van der Waals surface area (Å²) in [6.07, 6.45) is 11.6. The van der Waals surface area contributed by atoms with E-state index in [1.54, 1.807) is 0 Å². The van der Waals surface area contributed by atoms with Crippen molar-refractivity contribution in [2.45, 2.75) is 83.2 Å². The van der Waals surface area contributed by atoms with Gasteiger partial charge in [0.25, 0.3) is 0 Å². The van der Waals surface area contributed by atoms with E-state index in [1.807, 2.05) is 0 Å². The minimum atomic E-state index is -0.0445. The van der Waals surface area contributed by atoms with Crippen molar-refractivity contribution in [1.82, 2.24) is 5.32 Å². The Bertz CT molecular complexity index is 178. The highest BCUT2D eigenvalue weighted by Crippen LogP contribution is 2.22. The van der Waals surface area contributed by atoms with Gasteiger partial charge in [-0.1, -0.05) is 45.4 Å². The van der Waals surface area contributed by atoms with Crippen LogP contribution in [-0.4, -0.2) is 23.3 Å². The summed E-state index contributed by atoms with van der Waals surface area (Å²) in [5, 5.41) is 13.2. The molecule has 1 atom stereocenters. The van der Waals surface area contributed by atoms with Gasteiger partial charge in [-0.2, -0.15) is 0 Å². The summed E-state index contributed by atoms with van der Waals surface area (Å²) < 4.78 is 0. The lowest BCUT2D eigenvalue weighted by Gasteiger charge is -2.35. The first kappa shape index (κ1) is 14.0. The first-order chi connectivity index (χ1) is 7.70. The highest BCUT2D eigenvalue weighted by atomic mass is 16.3.